The Balaban J connectivity index is 1.53. The van der Waals surface area contributed by atoms with Gasteiger partial charge in [0.15, 0.2) is 0 Å². The van der Waals surface area contributed by atoms with Crippen molar-refractivity contribution < 1.29 is 5.11 Å². The summed E-state index contributed by atoms with van der Waals surface area (Å²) in [7, 11) is 0. The SMILES string of the molecule is OCC1CN(Cc2ccn(C3CCCCC3)n2)C1. The van der Waals surface area contributed by atoms with Gasteiger partial charge in [0.2, 0.25) is 0 Å². The summed E-state index contributed by atoms with van der Waals surface area (Å²) < 4.78 is 2.18. The van der Waals surface area contributed by atoms with Gasteiger partial charge in [0.05, 0.1) is 11.7 Å². The maximum absolute atomic E-state index is 9.00. The average molecular weight is 249 g/mol. The molecule has 1 saturated carbocycles. The van der Waals surface area contributed by atoms with Crippen LogP contribution in [0, 0.1) is 5.92 Å². The van der Waals surface area contributed by atoms with Gasteiger partial charge in [0.25, 0.3) is 0 Å². The third-order valence-corrected chi connectivity index (χ3v) is 4.29. The van der Waals surface area contributed by atoms with Gasteiger partial charge in [0, 0.05) is 38.4 Å². The van der Waals surface area contributed by atoms with Crippen LogP contribution in [0.1, 0.15) is 43.8 Å². The standard InChI is InChI=1S/C14H23N3O/c18-11-12-8-16(9-12)10-13-6-7-17(15-13)14-4-2-1-3-5-14/h6-7,12,14,18H,1-5,8-11H2. The predicted octanol–water partition coefficient (Wildman–Crippen LogP) is 1.81. The van der Waals surface area contributed by atoms with Gasteiger partial charge >= 0.3 is 0 Å². The molecule has 1 aromatic heterocycles. The van der Waals surface area contributed by atoms with Crippen LogP contribution in [-0.4, -0.2) is 39.5 Å². The van der Waals surface area contributed by atoms with Crippen molar-refractivity contribution in [3.05, 3.63) is 18.0 Å². The summed E-state index contributed by atoms with van der Waals surface area (Å²) in [5.74, 6) is 0.491. The molecule has 0 bridgehead atoms. The maximum Gasteiger partial charge on any atom is 0.0764 e. The molecule has 4 heteroatoms. The molecule has 18 heavy (non-hydrogen) atoms. The second kappa shape index (κ2) is 5.41. The molecule has 1 N–H and O–H groups in total. The first-order valence-corrected chi connectivity index (χ1v) is 7.22. The van der Waals surface area contributed by atoms with Crippen LogP contribution in [-0.2, 0) is 6.54 Å². The number of hydrogen-bond acceptors (Lipinski definition) is 3. The van der Waals surface area contributed by atoms with E-state index in [-0.39, 0.29) is 0 Å². The van der Waals surface area contributed by atoms with E-state index in [1.54, 1.807) is 0 Å². The van der Waals surface area contributed by atoms with Crippen LogP contribution in [0.4, 0.5) is 0 Å². The first-order valence-electron chi connectivity index (χ1n) is 7.22. The minimum absolute atomic E-state index is 0.326. The molecular weight excluding hydrogens is 226 g/mol. The fourth-order valence-electron chi connectivity index (χ4n) is 3.16. The molecule has 2 fully saturated rings. The summed E-state index contributed by atoms with van der Waals surface area (Å²) in [6.07, 6.45) is 8.82. The van der Waals surface area contributed by atoms with Gasteiger partial charge in [-0.2, -0.15) is 5.10 Å². The quantitative estimate of drug-likeness (QED) is 0.885. The summed E-state index contributed by atoms with van der Waals surface area (Å²) in [5.41, 5.74) is 1.18. The fourth-order valence-corrected chi connectivity index (χ4v) is 3.16. The van der Waals surface area contributed by atoms with Crippen LogP contribution in [0.15, 0.2) is 12.3 Å². The summed E-state index contributed by atoms with van der Waals surface area (Å²) in [6, 6.07) is 2.79. The lowest BCUT2D eigenvalue weighted by molar-refractivity contribution is 0.0467. The lowest BCUT2D eigenvalue weighted by Crippen LogP contribution is -2.47. The molecule has 100 valence electrons. The molecular formula is C14H23N3O. The van der Waals surface area contributed by atoms with Crippen molar-refractivity contribution in [3.63, 3.8) is 0 Å². The molecule has 2 heterocycles. The Morgan fingerprint density at radius 2 is 2.00 bits per heavy atom. The Kier molecular flexibility index (Phi) is 3.66. The molecule has 4 nitrogen and oxygen atoms in total. The summed E-state index contributed by atoms with van der Waals surface area (Å²) in [5, 5.41) is 13.7. The van der Waals surface area contributed by atoms with Crippen LogP contribution in [0.25, 0.3) is 0 Å². The molecule has 1 aliphatic heterocycles. The lowest BCUT2D eigenvalue weighted by Gasteiger charge is -2.37. The topological polar surface area (TPSA) is 41.3 Å². The van der Waals surface area contributed by atoms with Crippen LogP contribution in [0.2, 0.25) is 0 Å². The van der Waals surface area contributed by atoms with Gasteiger partial charge in [-0.3, -0.25) is 9.58 Å². The summed E-state index contributed by atoms with van der Waals surface area (Å²) >= 11 is 0. The van der Waals surface area contributed by atoms with Crippen molar-refractivity contribution in [1.82, 2.24) is 14.7 Å². The smallest absolute Gasteiger partial charge is 0.0764 e. The Morgan fingerprint density at radius 3 is 2.72 bits per heavy atom. The first-order chi connectivity index (χ1) is 8.85. The van der Waals surface area contributed by atoms with E-state index < -0.39 is 0 Å². The average Bonchev–Trinajstić information content (AvgIpc) is 2.83. The van der Waals surface area contributed by atoms with Crippen molar-refractivity contribution in [2.45, 2.75) is 44.7 Å². The van der Waals surface area contributed by atoms with Crippen molar-refractivity contribution in [2.75, 3.05) is 19.7 Å². The largest absolute Gasteiger partial charge is 0.396 e. The van der Waals surface area contributed by atoms with E-state index in [9.17, 15) is 0 Å². The van der Waals surface area contributed by atoms with Crippen molar-refractivity contribution in [3.8, 4) is 0 Å². The fraction of sp³-hybridized carbons (Fsp3) is 0.786. The molecule has 1 saturated heterocycles. The van der Waals surface area contributed by atoms with Crippen LogP contribution in [0.5, 0.6) is 0 Å². The van der Waals surface area contributed by atoms with E-state index in [2.05, 4.69) is 21.8 Å². The van der Waals surface area contributed by atoms with E-state index in [1.165, 1.54) is 37.8 Å². The summed E-state index contributed by atoms with van der Waals surface area (Å²) in [4.78, 5) is 2.36. The highest BCUT2D eigenvalue weighted by molar-refractivity contribution is 5.01. The van der Waals surface area contributed by atoms with Crippen molar-refractivity contribution in [1.29, 1.82) is 0 Å². The Hall–Kier alpha value is -0.870. The zero-order valence-electron chi connectivity index (χ0n) is 11.0. The minimum Gasteiger partial charge on any atom is -0.396 e. The van der Waals surface area contributed by atoms with Gasteiger partial charge < -0.3 is 5.11 Å². The van der Waals surface area contributed by atoms with Crippen LogP contribution in [0.3, 0.4) is 0 Å². The molecule has 0 spiro atoms. The number of hydrogen-bond donors (Lipinski definition) is 1. The van der Waals surface area contributed by atoms with Gasteiger partial charge in [-0.25, -0.2) is 0 Å². The second-order valence-electron chi connectivity index (χ2n) is 5.82. The maximum atomic E-state index is 9.00. The molecule has 0 aromatic carbocycles. The molecule has 3 rings (SSSR count). The van der Waals surface area contributed by atoms with Crippen molar-refractivity contribution in [2.24, 2.45) is 5.92 Å². The van der Waals surface area contributed by atoms with E-state index >= 15 is 0 Å². The lowest BCUT2D eigenvalue weighted by atomic mass is 9.96. The monoisotopic (exact) mass is 249 g/mol. The molecule has 2 aliphatic rings. The Labute approximate surface area is 109 Å². The van der Waals surface area contributed by atoms with Crippen LogP contribution < -0.4 is 0 Å². The molecule has 0 amide bonds. The Morgan fingerprint density at radius 1 is 1.22 bits per heavy atom. The third-order valence-electron chi connectivity index (χ3n) is 4.29. The van der Waals surface area contributed by atoms with E-state index in [4.69, 9.17) is 10.2 Å². The van der Waals surface area contributed by atoms with E-state index in [0.29, 0.717) is 18.6 Å². The van der Waals surface area contributed by atoms with Gasteiger partial charge in [-0.05, 0) is 18.9 Å². The van der Waals surface area contributed by atoms with Crippen molar-refractivity contribution >= 4 is 0 Å². The van der Waals surface area contributed by atoms with Crippen LogP contribution >= 0.6 is 0 Å². The predicted molar refractivity (Wildman–Crippen MR) is 70.2 cm³/mol. The van der Waals surface area contributed by atoms with E-state index in [0.717, 1.165) is 19.6 Å². The minimum atomic E-state index is 0.326. The highest BCUT2D eigenvalue weighted by Crippen LogP contribution is 2.27. The number of aliphatic hydroxyl groups excluding tert-OH is 1. The highest BCUT2D eigenvalue weighted by atomic mass is 16.3. The number of aromatic nitrogens is 2. The molecule has 0 unspecified atom stereocenters. The normalized spacial score (nSPS) is 23.2. The number of rotatable bonds is 4. The van der Waals surface area contributed by atoms with E-state index in [1.807, 2.05) is 0 Å². The molecule has 0 atom stereocenters. The first kappa shape index (κ1) is 12.2. The van der Waals surface area contributed by atoms with Gasteiger partial charge in [-0.15, -0.1) is 0 Å². The Bertz CT molecular complexity index is 378. The zero-order chi connectivity index (χ0) is 12.4. The number of nitrogens with zero attached hydrogens (tertiary/aromatic N) is 3. The summed E-state index contributed by atoms with van der Waals surface area (Å²) in [6.45, 7) is 3.31. The molecule has 0 radical (unpaired) electrons. The van der Waals surface area contributed by atoms with Gasteiger partial charge in [0.1, 0.15) is 0 Å². The van der Waals surface area contributed by atoms with Gasteiger partial charge in [-0.1, -0.05) is 19.3 Å². The highest BCUT2D eigenvalue weighted by Gasteiger charge is 2.26. The second-order valence-corrected chi connectivity index (χ2v) is 5.82. The molecule has 1 aromatic rings. The zero-order valence-corrected chi connectivity index (χ0v) is 11.0. The third kappa shape index (κ3) is 2.59. The number of aliphatic hydroxyl groups is 1. The number of likely N-dealkylation sites (tertiary alicyclic amines) is 1. The molecule has 1 aliphatic carbocycles.